The maximum atomic E-state index is 11.5. The van der Waals surface area contributed by atoms with Crippen LogP contribution in [0.1, 0.15) is 76.3 Å². The van der Waals surface area contributed by atoms with Gasteiger partial charge in [-0.25, -0.2) is 4.79 Å². The fourth-order valence-corrected chi connectivity index (χ4v) is 3.07. The standard InChI is InChI=1S/C19H29NO6/c1-3-5-7-9-11-14-13-16(26-19(22)23)18(21)17(20(24)25)15(14)12-10-8-6-4-2/h13,21H,3-12H2,1-2H3,(H,22,23). The van der Waals surface area contributed by atoms with Crippen molar-refractivity contribution in [2.75, 3.05) is 0 Å². The predicted octanol–water partition coefficient (Wildman–Crippen LogP) is 5.60. The van der Waals surface area contributed by atoms with Gasteiger partial charge in [0.05, 0.1) is 4.92 Å². The summed E-state index contributed by atoms with van der Waals surface area (Å²) in [4.78, 5) is 21.7. The minimum Gasteiger partial charge on any atom is -0.499 e. The Bertz CT molecular complexity index is 615. The predicted molar refractivity (Wildman–Crippen MR) is 99.1 cm³/mol. The van der Waals surface area contributed by atoms with Crippen molar-refractivity contribution >= 4 is 11.8 Å². The summed E-state index contributed by atoms with van der Waals surface area (Å²) in [5, 5.41) is 30.6. The quantitative estimate of drug-likeness (QED) is 0.163. The lowest BCUT2D eigenvalue weighted by Gasteiger charge is -2.14. The van der Waals surface area contributed by atoms with Crippen molar-refractivity contribution in [3.63, 3.8) is 0 Å². The Morgan fingerprint density at radius 3 is 2.15 bits per heavy atom. The fraction of sp³-hybridized carbons (Fsp3) is 0.632. The molecule has 0 saturated heterocycles. The number of rotatable bonds is 12. The number of nitrogens with zero attached hydrogens (tertiary/aromatic N) is 1. The zero-order valence-corrected chi connectivity index (χ0v) is 15.6. The van der Waals surface area contributed by atoms with E-state index in [4.69, 9.17) is 5.11 Å². The largest absolute Gasteiger partial charge is 0.511 e. The second-order valence-electron chi connectivity index (χ2n) is 6.46. The molecule has 7 nitrogen and oxygen atoms in total. The van der Waals surface area contributed by atoms with E-state index in [1.54, 1.807) is 0 Å². The average Bonchev–Trinajstić information content (AvgIpc) is 2.57. The van der Waals surface area contributed by atoms with E-state index in [0.29, 0.717) is 24.0 Å². The van der Waals surface area contributed by atoms with Crippen molar-refractivity contribution in [2.24, 2.45) is 0 Å². The molecule has 0 spiro atoms. The Morgan fingerprint density at radius 2 is 1.65 bits per heavy atom. The molecule has 0 saturated carbocycles. The van der Waals surface area contributed by atoms with Gasteiger partial charge in [-0.05, 0) is 37.3 Å². The number of aromatic hydroxyl groups is 1. The number of phenolic OH excluding ortho intramolecular Hbond substituents is 1. The summed E-state index contributed by atoms with van der Waals surface area (Å²) in [7, 11) is 0. The van der Waals surface area contributed by atoms with E-state index in [9.17, 15) is 20.0 Å². The van der Waals surface area contributed by atoms with E-state index in [1.165, 1.54) is 6.07 Å². The average molecular weight is 367 g/mol. The number of ether oxygens (including phenoxy) is 1. The molecule has 0 bridgehead atoms. The lowest BCUT2D eigenvalue weighted by Crippen LogP contribution is -2.08. The van der Waals surface area contributed by atoms with Crippen molar-refractivity contribution in [2.45, 2.75) is 78.1 Å². The monoisotopic (exact) mass is 367 g/mol. The molecule has 0 unspecified atom stereocenters. The van der Waals surface area contributed by atoms with Crippen LogP contribution in [0.2, 0.25) is 0 Å². The van der Waals surface area contributed by atoms with Gasteiger partial charge < -0.3 is 14.9 Å². The zero-order chi connectivity index (χ0) is 19.5. The summed E-state index contributed by atoms with van der Waals surface area (Å²) in [6.07, 6.45) is 7.32. The summed E-state index contributed by atoms with van der Waals surface area (Å²) in [5.41, 5.74) is 0.766. The number of unbranched alkanes of at least 4 members (excludes halogenated alkanes) is 6. The third-order valence-corrected chi connectivity index (χ3v) is 4.40. The van der Waals surface area contributed by atoms with Crippen LogP contribution in [0.3, 0.4) is 0 Å². The van der Waals surface area contributed by atoms with Crippen molar-refractivity contribution in [1.29, 1.82) is 0 Å². The van der Waals surface area contributed by atoms with Crippen LogP contribution in [0.15, 0.2) is 6.07 Å². The van der Waals surface area contributed by atoms with E-state index < -0.39 is 22.5 Å². The summed E-state index contributed by atoms with van der Waals surface area (Å²) >= 11 is 0. The van der Waals surface area contributed by atoms with Crippen molar-refractivity contribution in [3.05, 3.63) is 27.3 Å². The number of nitro groups is 1. The molecule has 7 heteroatoms. The summed E-state index contributed by atoms with van der Waals surface area (Å²) in [6.45, 7) is 4.19. The normalized spacial score (nSPS) is 10.7. The van der Waals surface area contributed by atoms with E-state index in [-0.39, 0.29) is 5.75 Å². The Balaban J connectivity index is 3.22. The number of benzene rings is 1. The Labute approximate surface area is 154 Å². The first-order valence-electron chi connectivity index (χ1n) is 9.35. The molecule has 0 amide bonds. The SMILES string of the molecule is CCCCCCc1cc(OC(=O)O)c(O)c([N+](=O)[O-])c1CCCCCC. The molecule has 0 atom stereocenters. The molecule has 1 aromatic rings. The van der Waals surface area contributed by atoms with Gasteiger partial charge in [0.15, 0.2) is 5.75 Å². The van der Waals surface area contributed by atoms with Crippen molar-refractivity contribution in [3.8, 4) is 11.5 Å². The van der Waals surface area contributed by atoms with Gasteiger partial charge in [0.25, 0.3) is 0 Å². The molecule has 0 aromatic heterocycles. The van der Waals surface area contributed by atoms with E-state index in [0.717, 1.165) is 51.4 Å². The first-order chi connectivity index (χ1) is 12.4. The zero-order valence-electron chi connectivity index (χ0n) is 15.6. The van der Waals surface area contributed by atoms with Crippen LogP contribution in [0.4, 0.5) is 10.5 Å². The highest BCUT2D eigenvalue weighted by Crippen LogP contribution is 2.42. The Hall–Kier alpha value is -2.31. The number of aryl methyl sites for hydroxylation is 1. The fourth-order valence-electron chi connectivity index (χ4n) is 3.07. The molecule has 0 radical (unpaired) electrons. The van der Waals surface area contributed by atoms with Gasteiger partial charge in [-0.2, -0.15) is 0 Å². The molecule has 0 heterocycles. The van der Waals surface area contributed by atoms with Crippen molar-refractivity contribution < 1.29 is 24.7 Å². The molecular weight excluding hydrogens is 338 g/mol. The molecular formula is C19H29NO6. The van der Waals surface area contributed by atoms with Crippen LogP contribution >= 0.6 is 0 Å². The lowest BCUT2D eigenvalue weighted by molar-refractivity contribution is -0.386. The molecule has 2 N–H and O–H groups in total. The maximum Gasteiger partial charge on any atom is 0.511 e. The Kier molecular flexibility index (Phi) is 9.47. The van der Waals surface area contributed by atoms with Gasteiger partial charge >= 0.3 is 11.8 Å². The summed E-state index contributed by atoms with van der Waals surface area (Å²) in [5.74, 6) is -1.08. The molecule has 0 aliphatic carbocycles. The van der Waals surface area contributed by atoms with E-state index >= 15 is 0 Å². The van der Waals surface area contributed by atoms with Crippen LogP contribution in [0, 0.1) is 10.1 Å². The highest BCUT2D eigenvalue weighted by Gasteiger charge is 2.28. The van der Waals surface area contributed by atoms with Gasteiger partial charge in [-0.1, -0.05) is 52.4 Å². The van der Waals surface area contributed by atoms with Gasteiger partial charge in [-0.15, -0.1) is 0 Å². The summed E-state index contributed by atoms with van der Waals surface area (Å²) in [6, 6.07) is 1.44. The first-order valence-corrected chi connectivity index (χ1v) is 9.35. The van der Waals surface area contributed by atoms with Crippen LogP contribution in [-0.2, 0) is 12.8 Å². The molecule has 1 aromatic carbocycles. The van der Waals surface area contributed by atoms with E-state index in [1.807, 2.05) is 0 Å². The summed E-state index contributed by atoms with van der Waals surface area (Å²) < 4.78 is 4.56. The van der Waals surface area contributed by atoms with Crippen LogP contribution in [0.5, 0.6) is 11.5 Å². The number of phenols is 1. The van der Waals surface area contributed by atoms with Crippen molar-refractivity contribution in [1.82, 2.24) is 0 Å². The van der Waals surface area contributed by atoms with Crippen LogP contribution < -0.4 is 4.74 Å². The number of hydrogen-bond donors (Lipinski definition) is 2. The lowest BCUT2D eigenvalue weighted by atomic mass is 9.94. The number of nitro benzene ring substituents is 1. The molecule has 0 aliphatic heterocycles. The minimum absolute atomic E-state index is 0.369. The Morgan fingerprint density at radius 1 is 1.08 bits per heavy atom. The highest BCUT2D eigenvalue weighted by atomic mass is 16.7. The molecule has 0 aliphatic rings. The third kappa shape index (κ3) is 6.54. The maximum absolute atomic E-state index is 11.5. The van der Waals surface area contributed by atoms with Gasteiger partial charge in [0.1, 0.15) is 0 Å². The smallest absolute Gasteiger partial charge is 0.499 e. The second kappa shape index (κ2) is 11.3. The van der Waals surface area contributed by atoms with Gasteiger partial charge in [0, 0.05) is 5.56 Å². The minimum atomic E-state index is -1.61. The number of carbonyl (C=O) groups is 1. The van der Waals surface area contributed by atoms with E-state index in [2.05, 4.69) is 18.6 Å². The third-order valence-electron chi connectivity index (χ3n) is 4.40. The molecule has 26 heavy (non-hydrogen) atoms. The second-order valence-corrected chi connectivity index (χ2v) is 6.46. The number of hydrogen-bond acceptors (Lipinski definition) is 5. The van der Waals surface area contributed by atoms with Crippen LogP contribution in [-0.4, -0.2) is 21.3 Å². The molecule has 0 fully saturated rings. The number of carboxylic acid groups (broad SMARTS) is 1. The topological polar surface area (TPSA) is 110 Å². The van der Waals surface area contributed by atoms with Gasteiger partial charge in [0.2, 0.25) is 5.75 Å². The van der Waals surface area contributed by atoms with Crippen LogP contribution in [0.25, 0.3) is 0 Å². The highest BCUT2D eigenvalue weighted by molar-refractivity contribution is 5.69. The molecule has 146 valence electrons. The first kappa shape index (κ1) is 21.7. The molecule has 1 rings (SSSR count). The van der Waals surface area contributed by atoms with Gasteiger partial charge in [-0.3, -0.25) is 10.1 Å².